The van der Waals surface area contributed by atoms with Crippen LogP contribution in [0.4, 0.5) is 5.82 Å². The molecule has 0 spiro atoms. The number of thioether (sulfide) groups is 1. The molecule has 0 radical (unpaired) electrons. The van der Waals surface area contributed by atoms with Gasteiger partial charge in [-0.2, -0.15) is 11.8 Å². The molecule has 2 fully saturated rings. The van der Waals surface area contributed by atoms with Crippen LogP contribution in [0.3, 0.4) is 0 Å². The summed E-state index contributed by atoms with van der Waals surface area (Å²) in [4.78, 5) is 11.1. The standard InChI is InChI=1S/C10H12BrN3S/c1-6-12-3-9(11)10(13-6)14-4-8-2-7(14)5-15-8/h3,7-8H,2,4-5H2,1H3. The third-order valence-corrected chi connectivity index (χ3v) is 4.97. The van der Waals surface area contributed by atoms with E-state index in [1.807, 2.05) is 13.1 Å². The number of anilines is 1. The SMILES string of the molecule is Cc1ncc(Br)c(N2CC3CC2CS3)n1. The Bertz CT molecular complexity index is 398. The molecule has 1 aromatic rings. The van der Waals surface area contributed by atoms with E-state index in [4.69, 9.17) is 0 Å². The van der Waals surface area contributed by atoms with Crippen molar-refractivity contribution < 1.29 is 0 Å². The highest BCUT2D eigenvalue weighted by molar-refractivity contribution is 9.10. The van der Waals surface area contributed by atoms with Crippen LogP contribution in [0.5, 0.6) is 0 Å². The van der Waals surface area contributed by atoms with Crippen LogP contribution in [0, 0.1) is 6.92 Å². The Balaban J connectivity index is 1.96. The lowest BCUT2D eigenvalue weighted by Crippen LogP contribution is -2.34. The number of rotatable bonds is 1. The Morgan fingerprint density at radius 2 is 2.47 bits per heavy atom. The summed E-state index contributed by atoms with van der Waals surface area (Å²) in [7, 11) is 0. The molecule has 2 bridgehead atoms. The molecular weight excluding hydrogens is 274 g/mol. The molecule has 0 aromatic carbocycles. The van der Waals surface area contributed by atoms with Gasteiger partial charge in [0.1, 0.15) is 11.6 Å². The van der Waals surface area contributed by atoms with Crippen molar-refractivity contribution in [1.29, 1.82) is 0 Å². The molecule has 2 atom stereocenters. The van der Waals surface area contributed by atoms with Gasteiger partial charge in [-0.1, -0.05) is 0 Å². The number of nitrogens with zero attached hydrogens (tertiary/aromatic N) is 3. The van der Waals surface area contributed by atoms with Gasteiger partial charge in [0.05, 0.1) is 4.47 Å². The number of aromatic nitrogens is 2. The van der Waals surface area contributed by atoms with Gasteiger partial charge in [-0.15, -0.1) is 0 Å². The molecule has 2 saturated heterocycles. The molecule has 1 aromatic heterocycles. The molecule has 0 N–H and O–H groups in total. The Kier molecular flexibility index (Phi) is 2.39. The summed E-state index contributed by atoms with van der Waals surface area (Å²) in [5, 5.41) is 0.817. The maximum atomic E-state index is 4.53. The second-order valence-electron chi connectivity index (χ2n) is 4.09. The second-order valence-corrected chi connectivity index (χ2v) is 6.27. The predicted octanol–water partition coefficient (Wildman–Crippen LogP) is 2.24. The summed E-state index contributed by atoms with van der Waals surface area (Å²) in [5.41, 5.74) is 0. The molecule has 2 aliphatic rings. The van der Waals surface area contributed by atoms with Gasteiger partial charge in [0.25, 0.3) is 0 Å². The van der Waals surface area contributed by atoms with Gasteiger partial charge in [0.2, 0.25) is 0 Å². The van der Waals surface area contributed by atoms with Gasteiger partial charge >= 0.3 is 0 Å². The van der Waals surface area contributed by atoms with Crippen molar-refractivity contribution in [1.82, 2.24) is 9.97 Å². The van der Waals surface area contributed by atoms with Crippen molar-refractivity contribution in [3.8, 4) is 0 Å². The minimum absolute atomic E-state index is 0.686. The van der Waals surface area contributed by atoms with E-state index in [-0.39, 0.29) is 0 Å². The monoisotopic (exact) mass is 285 g/mol. The van der Waals surface area contributed by atoms with Crippen LogP contribution in [0.2, 0.25) is 0 Å². The number of hydrogen-bond donors (Lipinski definition) is 0. The Morgan fingerprint density at radius 1 is 1.60 bits per heavy atom. The van der Waals surface area contributed by atoms with Crippen LogP contribution >= 0.6 is 27.7 Å². The zero-order chi connectivity index (χ0) is 10.4. The second kappa shape index (κ2) is 3.63. The third kappa shape index (κ3) is 1.65. The maximum absolute atomic E-state index is 4.53. The van der Waals surface area contributed by atoms with Crippen molar-refractivity contribution in [3.05, 3.63) is 16.5 Å². The summed E-state index contributed by atoms with van der Waals surface area (Å²) in [6.45, 7) is 3.09. The molecule has 2 aliphatic heterocycles. The van der Waals surface area contributed by atoms with E-state index in [0.717, 1.165) is 27.9 Å². The third-order valence-electron chi connectivity index (χ3n) is 3.02. The fourth-order valence-electron chi connectivity index (χ4n) is 2.30. The zero-order valence-corrected chi connectivity index (χ0v) is 10.9. The van der Waals surface area contributed by atoms with E-state index >= 15 is 0 Å². The first-order valence-electron chi connectivity index (χ1n) is 5.11. The lowest BCUT2D eigenvalue weighted by molar-refractivity contribution is 0.745. The van der Waals surface area contributed by atoms with Crippen molar-refractivity contribution in [2.75, 3.05) is 17.2 Å². The number of fused-ring (bicyclic) bond motifs is 2. The zero-order valence-electron chi connectivity index (χ0n) is 8.48. The molecular formula is C10H12BrN3S. The van der Waals surface area contributed by atoms with Gasteiger partial charge < -0.3 is 4.90 Å². The lowest BCUT2D eigenvalue weighted by atomic mass is 10.2. The van der Waals surface area contributed by atoms with Crippen LogP contribution in [0.25, 0.3) is 0 Å². The fourth-order valence-corrected chi connectivity index (χ4v) is 4.16. The van der Waals surface area contributed by atoms with Crippen LogP contribution in [-0.2, 0) is 0 Å². The molecule has 3 heterocycles. The summed E-state index contributed by atoms with van der Waals surface area (Å²) >= 11 is 5.64. The summed E-state index contributed by atoms with van der Waals surface area (Å²) in [5.74, 6) is 3.18. The van der Waals surface area contributed by atoms with Gasteiger partial charge in [-0.05, 0) is 29.3 Å². The molecule has 3 nitrogen and oxygen atoms in total. The first-order valence-corrected chi connectivity index (χ1v) is 6.95. The average molecular weight is 286 g/mol. The van der Waals surface area contributed by atoms with E-state index in [2.05, 4.69) is 42.6 Å². The van der Waals surface area contributed by atoms with E-state index in [0.29, 0.717) is 6.04 Å². The van der Waals surface area contributed by atoms with E-state index < -0.39 is 0 Å². The number of aryl methyl sites for hydroxylation is 1. The van der Waals surface area contributed by atoms with Gasteiger partial charge in [-0.25, -0.2) is 9.97 Å². The lowest BCUT2D eigenvalue weighted by Gasteiger charge is -2.28. The smallest absolute Gasteiger partial charge is 0.146 e. The van der Waals surface area contributed by atoms with E-state index in [1.165, 1.54) is 12.2 Å². The normalized spacial score (nSPS) is 28.8. The molecule has 0 aliphatic carbocycles. The maximum Gasteiger partial charge on any atom is 0.146 e. The van der Waals surface area contributed by atoms with Crippen molar-refractivity contribution in [2.45, 2.75) is 24.6 Å². The van der Waals surface area contributed by atoms with Gasteiger partial charge in [0, 0.05) is 29.8 Å². The quantitative estimate of drug-likeness (QED) is 0.791. The minimum atomic E-state index is 0.686. The highest BCUT2D eigenvalue weighted by Gasteiger charge is 2.39. The highest BCUT2D eigenvalue weighted by Crippen LogP contribution is 2.41. The molecule has 2 unspecified atom stereocenters. The largest absolute Gasteiger partial charge is 0.351 e. The first kappa shape index (κ1) is 9.90. The summed E-state index contributed by atoms with van der Waals surface area (Å²) in [6.07, 6.45) is 3.18. The molecule has 0 saturated carbocycles. The van der Waals surface area contributed by atoms with Crippen molar-refractivity contribution in [3.63, 3.8) is 0 Å². The predicted molar refractivity (Wildman–Crippen MR) is 66.5 cm³/mol. The Labute approximate surface area is 102 Å². The average Bonchev–Trinajstić information content (AvgIpc) is 2.83. The van der Waals surface area contributed by atoms with Crippen LogP contribution < -0.4 is 4.90 Å². The van der Waals surface area contributed by atoms with Crippen LogP contribution in [-0.4, -0.2) is 33.6 Å². The first-order chi connectivity index (χ1) is 7.24. The molecule has 80 valence electrons. The van der Waals surface area contributed by atoms with Gasteiger partial charge in [-0.3, -0.25) is 0 Å². The topological polar surface area (TPSA) is 29.0 Å². The molecule has 0 amide bonds. The molecule has 15 heavy (non-hydrogen) atoms. The molecule has 3 rings (SSSR count). The van der Waals surface area contributed by atoms with Gasteiger partial charge in [0.15, 0.2) is 0 Å². The van der Waals surface area contributed by atoms with E-state index in [9.17, 15) is 0 Å². The minimum Gasteiger partial charge on any atom is -0.351 e. The summed E-state index contributed by atoms with van der Waals surface area (Å²) in [6, 6.07) is 0.686. The highest BCUT2D eigenvalue weighted by atomic mass is 79.9. The summed E-state index contributed by atoms with van der Waals surface area (Å²) < 4.78 is 1.02. The van der Waals surface area contributed by atoms with Crippen molar-refractivity contribution in [2.24, 2.45) is 0 Å². The van der Waals surface area contributed by atoms with Crippen molar-refractivity contribution >= 4 is 33.5 Å². The van der Waals surface area contributed by atoms with Crippen LogP contribution in [0.15, 0.2) is 10.7 Å². The Hall–Kier alpha value is -0.290. The van der Waals surface area contributed by atoms with Crippen LogP contribution in [0.1, 0.15) is 12.2 Å². The Morgan fingerprint density at radius 3 is 3.13 bits per heavy atom. The number of hydrogen-bond acceptors (Lipinski definition) is 4. The fraction of sp³-hybridized carbons (Fsp3) is 0.600. The molecule has 5 heteroatoms. The number of halogens is 1. The van der Waals surface area contributed by atoms with E-state index in [1.54, 1.807) is 0 Å².